The third-order valence-corrected chi connectivity index (χ3v) is 6.61. The number of Topliss-reactive ketones (excluding diaryl/α,β-unsaturated/α-hetero) is 1. The fraction of sp³-hybridized carbons (Fsp3) is 0.167. The van der Waals surface area contributed by atoms with Gasteiger partial charge in [-0.05, 0) is 30.3 Å². The van der Waals surface area contributed by atoms with Crippen molar-refractivity contribution < 1.29 is 29.3 Å². The standard InChI is InChI=1S/C24H19NO6S/c25-9-10-32-12-19(28)21-18(27)8-7-17-22(21)30-20-11-13(26)5-6-16(20)24(17)15-4-2-1-3-14(15)23(29)31-24/h1-8,11,26-27H,9-10,12,25H2. The van der Waals surface area contributed by atoms with Gasteiger partial charge in [0.25, 0.3) is 0 Å². The molecule has 162 valence electrons. The number of ketones is 1. The van der Waals surface area contributed by atoms with Crippen LogP contribution in [-0.2, 0) is 10.3 Å². The Kier molecular flexibility index (Phi) is 4.83. The van der Waals surface area contributed by atoms with Crippen molar-refractivity contribution in [3.63, 3.8) is 0 Å². The number of ether oxygens (including phenoxy) is 2. The molecule has 8 heteroatoms. The maximum Gasteiger partial charge on any atom is 0.340 e. The number of hydrogen-bond acceptors (Lipinski definition) is 8. The lowest BCUT2D eigenvalue weighted by Crippen LogP contribution is -2.33. The summed E-state index contributed by atoms with van der Waals surface area (Å²) in [5.74, 6) is -0.109. The predicted octanol–water partition coefficient (Wildman–Crippen LogP) is 3.54. The van der Waals surface area contributed by atoms with Crippen LogP contribution in [0.15, 0.2) is 54.6 Å². The highest BCUT2D eigenvalue weighted by Gasteiger charge is 2.54. The second-order valence-electron chi connectivity index (χ2n) is 7.50. The van der Waals surface area contributed by atoms with Crippen LogP contribution in [0.4, 0.5) is 0 Å². The van der Waals surface area contributed by atoms with Gasteiger partial charge in [0.1, 0.15) is 28.6 Å². The zero-order valence-corrected chi connectivity index (χ0v) is 17.6. The molecule has 32 heavy (non-hydrogen) atoms. The quantitative estimate of drug-likeness (QED) is 0.307. The first-order valence-corrected chi connectivity index (χ1v) is 11.1. The highest BCUT2D eigenvalue weighted by molar-refractivity contribution is 8.00. The molecule has 0 aromatic heterocycles. The Morgan fingerprint density at radius 3 is 2.62 bits per heavy atom. The molecule has 0 radical (unpaired) electrons. The number of hydrogen-bond donors (Lipinski definition) is 3. The van der Waals surface area contributed by atoms with Crippen LogP contribution in [0.5, 0.6) is 23.0 Å². The van der Waals surface area contributed by atoms with Crippen LogP contribution in [-0.4, -0.2) is 40.0 Å². The molecule has 1 spiro atoms. The molecule has 0 fully saturated rings. The minimum absolute atomic E-state index is 0.000759. The third kappa shape index (κ3) is 2.87. The van der Waals surface area contributed by atoms with Gasteiger partial charge in [-0.15, -0.1) is 0 Å². The highest BCUT2D eigenvalue weighted by Crippen LogP contribution is 2.58. The minimum Gasteiger partial charge on any atom is -0.508 e. The van der Waals surface area contributed by atoms with Crippen molar-refractivity contribution >= 4 is 23.5 Å². The fourth-order valence-corrected chi connectivity index (χ4v) is 4.94. The number of phenols is 2. The van der Waals surface area contributed by atoms with Gasteiger partial charge in [0.2, 0.25) is 0 Å². The number of carbonyl (C=O) groups excluding carboxylic acids is 2. The van der Waals surface area contributed by atoms with E-state index < -0.39 is 11.6 Å². The zero-order chi connectivity index (χ0) is 22.5. The Hall–Kier alpha value is -3.49. The van der Waals surface area contributed by atoms with Crippen LogP contribution < -0.4 is 10.5 Å². The summed E-state index contributed by atoms with van der Waals surface area (Å²) in [5, 5.41) is 20.7. The highest BCUT2D eigenvalue weighted by atomic mass is 32.2. The van der Waals surface area contributed by atoms with Crippen molar-refractivity contribution in [2.45, 2.75) is 5.60 Å². The smallest absolute Gasteiger partial charge is 0.340 e. The molecule has 0 bridgehead atoms. The van der Waals surface area contributed by atoms with Crippen LogP contribution in [0.1, 0.15) is 37.4 Å². The maximum atomic E-state index is 13.0. The van der Waals surface area contributed by atoms with Crippen LogP contribution in [0.2, 0.25) is 0 Å². The summed E-state index contributed by atoms with van der Waals surface area (Å²) >= 11 is 1.35. The number of aromatic hydroxyl groups is 2. The number of nitrogens with two attached hydrogens (primary N) is 1. The second-order valence-corrected chi connectivity index (χ2v) is 8.60. The molecule has 7 nitrogen and oxygen atoms in total. The van der Waals surface area contributed by atoms with Gasteiger partial charge in [-0.25, -0.2) is 4.79 Å². The van der Waals surface area contributed by atoms with E-state index >= 15 is 0 Å². The fourth-order valence-electron chi connectivity index (χ4n) is 4.30. The molecule has 4 N–H and O–H groups in total. The van der Waals surface area contributed by atoms with E-state index in [0.717, 1.165) is 0 Å². The maximum absolute atomic E-state index is 13.0. The number of thioether (sulfide) groups is 1. The molecule has 0 aliphatic carbocycles. The number of benzene rings is 3. The van der Waals surface area contributed by atoms with Crippen LogP contribution in [0.25, 0.3) is 0 Å². The van der Waals surface area contributed by atoms with Crippen molar-refractivity contribution in [2.24, 2.45) is 5.73 Å². The summed E-state index contributed by atoms with van der Waals surface area (Å²) in [6.07, 6.45) is 0. The Morgan fingerprint density at radius 2 is 1.81 bits per heavy atom. The van der Waals surface area contributed by atoms with Gasteiger partial charge in [0, 0.05) is 35.1 Å². The van der Waals surface area contributed by atoms with Gasteiger partial charge in [0.15, 0.2) is 11.4 Å². The number of phenolic OH excluding ortho intramolecular Hbond substituents is 2. The van der Waals surface area contributed by atoms with E-state index in [1.54, 1.807) is 36.4 Å². The van der Waals surface area contributed by atoms with Gasteiger partial charge in [-0.3, -0.25) is 4.79 Å². The van der Waals surface area contributed by atoms with Crippen LogP contribution in [0, 0.1) is 0 Å². The second kappa shape index (κ2) is 7.58. The van der Waals surface area contributed by atoms with E-state index in [1.807, 2.05) is 0 Å². The zero-order valence-electron chi connectivity index (χ0n) is 16.8. The SMILES string of the molecule is NCCSCC(=O)c1c(O)ccc2c1Oc1cc(O)ccc1C21OC(=O)c2ccccc21. The molecular weight excluding hydrogens is 430 g/mol. The number of fused-ring (bicyclic) bond motifs is 6. The number of esters is 1. The van der Waals surface area contributed by atoms with E-state index in [9.17, 15) is 19.8 Å². The molecule has 2 aliphatic heterocycles. The minimum atomic E-state index is -1.38. The summed E-state index contributed by atoms with van der Waals surface area (Å²) in [5.41, 5.74) is 6.09. The molecule has 3 aromatic rings. The summed E-state index contributed by atoms with van der Waals surface area (Å²) in [4.78, 5) is 25.9. The Morgan fingerprint density at radius 1 is 1.03 bits per heavy atom. The largest absolute Gasteiger partial charge is 0.508 e. The molecule has 1 unspecified atom stereocenters. The predicted molar refractivity (Wildman–Crippen MR) is 119 cm³/mol. The van der Waals surface area contributed by atoms with Crippen molar-refractivity contribution in [1.29, 1.82) is 0 Å². The van der Waals surface area contributed by atoms with Crippen molar-refractivity contribution in [3.05, 3.63) is 82.4 Å². The first-order valence-electron chi connectivity index (χ1n) is 9.99. The average Bonchev–Trinajstić information content (AvgIpc) is 3.07. The Bertz CT molecular complexity index is 1270. The van der Waals surface area contributed by atoms with Gasteiger partial charge in [0.05, 0.1) is 11.3 Å². The lowest BCUT2D eigenvalue weighted by molar-refractivity contribution is 0.0224. The monoisotopic (exact) mass is 449 g/mol. The third-order valence-electron chi connectivity index (χ3n) is 5.62. The molecule has 3 aromatic carbocycles. The van der Waals surface area contributed by atoms with Crippen molar-refractivity contribution in [3.8, 4) is 23.0 Å². The number of rotatable bonds is 5. The van der Waals surface area contributed by atoms with Gasteiger partial charge in [-0.2, -0.15) is 11.8 Å². The molecule has 2 aliphatic rings. The first-order chi connectivity index (χ1) is 15.5. The lowest BCUT2D eigenvalue weighted by atomic mass is 9.77. The Labute approximate surface area is 187 Å². The molecule has 2 heterocycles. The molecule has 0 amide bonds. The molecule has 0 saturated heterocycles. The van der Waals surface area contributed by atoms with E-state index in [-0.39, 0.29) is 40.1 Å². The molecular formula is C24H19NO6S. The van der Waals surface area contributed by atoms with E-state index in [0.29, 0.717) is 34.6 Å². The average molecular weight is 449 g/mol. The summed E-state index contributed by atoms with van der Waals surface area (Å²) in [6.45, 7) is 0.426. The van der Waals surface area contributed by atoms with E-state index in [4.69, 9.17) is 15.2 Å². The normalized spacial score (nSPS) is 17.8. The first kappa shape index (κ1) is 20.4. The molecule has 1 atom stereocenters. The number of carbonyl (C=O) groups is 2. The van der Waals surface area contributed by atoms with Crippen LogP contribution in [0.3, 0.4) is 0 Å². The topological polar surface area (TPSA) is 119 Å². The molecule has 5 rings (SSSR count). The summed E-state index contributed by atoms with van der Waals surface area (Å²) < 4.78 is 12.1. The van der Waals surface area contributed by atoms with E-state index in [1.165, 1.54) is 30.0 Å². The van der Waals surface area contributed by atoms with Gasteiger partial charge >= 0.3 is 5.97 Å². The summed E-state index contributed by atoms with van der Waals surface area (Å²) in [6, 6.07) is 14.5. The van der Waals surface area contributed by atoms with Crippen molar-refractivity contribution in [1.82, 2.24) is 0 Å². The van der Waals surface area contributed by atoms with Crippen molar-refractivity contribution in [2.75, 3.05) is 18.1 Å². The lowest BCUT2D eigenvalue weighted by Gasteiger charge is -2.37. The van der Waals surface area contributed by atoms with Crippen LogP contribution >= 0.6 is 11.8 Å². The van der Waals surface area contributed by atoms with Gasteiger partial charge in [-0.1, -0.05) is 18.2 Å². The van der Waals surface area contributed by atoms with E-state index in [2.05, 4.69) is 0 Å². The Balaban J connectivity index is 1.78. The van der Waals surface area contributed by atoms with Gasteiger partial charge < -0.3 is 25.4 Å². The summed E-state index contributed by atoms with van der Waals surface area (Å²) in [7, 11) is 0. The molecule has 0 saturated carbocycles.